The number of hydrogen-bond donors (Lipinski definition) is 0. The molecule has 0 spiro atoms. The van der Waals surface area contributed by atoms with Crippen molar-refractivity contribution in [2.75, 3.05) is 41.8 Å². The van der Waals surface area contributed by atoms with Gasteiger partial charge in [0.1, 0.15) is 0 Å². The van der Waals surface area contributed by atoms with Crippen LogP contribution in [0.15, 0.2) is 24.3 Å². The molecule has 136 valence electrons. The number of carbonyl (C=O) groups is 1. The molecular formula is C19H31ClN2O2. The van der Waals surface area contributed by atoms with Crippen molar-refractivity contribution in [1.82, 2.24) is 9.80 Å². The van der Waals surface area contributed by atoms with Crippen molar-refractivity contribution in [1.29, 1.82) is 0 Å². The monoisotopic (exact) mass is 354 g/mol. The highest BCUT2D eigenvalue weighted by Crippen LogP contribution is 2.19. The van der Waals surface area contributed by atoms with E-state index >= 15 is 0 Å². The lowest BCUT2D eigenvalue weighted by molar-refractivity contribution is 0.141. The van der Waals surface area contributed by atoms with Crippen LogP contribution in [0.5, 0.6) is 0 Å². The summed E-state index contributed by atoms with van der Waals surface area (Å²) in [7, 11) is 8.50. The highest BCUT2D eigenvalue weighted by molar-refractivity contribution is 5.85. The fraction of sp³-hybridized carbons (Fsp3) is 0.526. The molecule has 24 heavy (non-hydrogen) atoms. The number of carbonyl (C=O) groups excluding carboxylic acids is 1. The first kappa shape index (κ1) is 24.6. The van der Waals surface area contributed by atoms with Crippen molar-refractivity contribution >= 4 is 18.5 Å². The molecule has 0 aromatic heterocycles. The van der Waals surface area contributed by atoms with Gasteiger partial charge < -0.3 is 9.64 Å². The lowest BCUT2D eigenvalue weighted by Gasteiger charge is -2.13. The molecule has 0 heterocycles. The Labute approximate surface area is 153 Å². The van der Waals surface area contributed by atoms with Gasteiger partial charge in [0.05, 0.1) is 13.7 Å². The van der Waals surface area contributed by atoms with E-state index in [1.165, 1.54) is 37.7 Å². The van der Waals surface area contributed by atoms with Gasteiger partial charge in [-0.15, -0.1) is 18.8 Å². The van der Waals surface area contributed by atoms with Gasteiger partial charge in [0.25, 0.3) is 0 Å². The van der Waals surface area contributed by atoms with Gasteiger partial charge in [-0.3, -0.25) is 4.90 Å². The molecule has 5 heteroatoms. The molecule has 1 aliphatic rings. The smallest absolute Gasteiger partial charge is 0.408 e. The Balaban J connectivity index is 0. The molecule has 0 saturated carbocycles. The minimum Gasteiger partial charge on any atom is -0.453 e. The summed E-state index contributed by atoms with van der Waals surface area (Å²) in [5.41, 5.74) is 3.16. The van der Waals surface area contributed by atoms with Crippen LogP contribution in [-0.2, 0) is 17.6 Å². The molecule has 2 rings (SSSR count). The Kier molecular flexibility index (Phi) is 15.2. The summed E-state index contributed by atoms with van der Waals surface area (Å²) in [6, 6.07) is 8.80. The highest BCUT2D eigenvalue weighted by atomic mass is 35.5. The zero-order chi connectivity index (χ0) is 17.7. The summed E-state index contributed by atoms with van der Waals surface area (Å²) < 4.78 is 4.30. The van der Waals surface area contributed by atoms with Crippen LogP contribution in [0.3, 0.4) is 0 Å². The Morgan fingerprint density at radius 1 is 1.12 bits per heavy atom. The number of amides is 1. The number of methoxy groups -OCH3 is 1. The van der Waals surface area contributed by atoms with Crippen LogP contribution in [0.2, 0.25) is 0 Å². The second kappa shape index (κ2) is 14.9. The van der Waals surface area contributed by atoms with Crippen molar-refractivity contribution in [2.45, 2.75) is 25.7 Å². The highest BCUT2D eigenvalue weighted by Gasteiger charge is 2.06. The number of hydrogen-bond acceptors (Lipinski definition) is 3. The number of rotatable bonds is 1. The average Bonchev–Trinajstić information content (AvgIpc) is 2.55. The standard InChI is InChI=1S/C10H12.C5H9N.C4H9NO2.ClH/c1-2-6-10-8-4-3-7-9(10)5-1;1-4-5-6(2)3;1-5(2)4(6)7-3;/h1-2,5-6H,3-4,7-8H2;1H,5H2,2-3H3;1-3H3;1H. The molecule has 0 aliphatic heterocycles. The van der Waals surface area contributed by atoms with Gasteiger partial charge in [-0.1, -0.05) is 30.2 Å². The van der Waals surface area contributed by atoms with E-state index in [-0.39, 0.29) is 18.5 Å². The van der Waals surface area contributed by atoms with Crippen molar-refractivity contribution in [3.8, 4) is 12.3 Å². The maximum Gasteiger partial charge on any atom is 0.408 e. The maximum atomic E-state index is 10.2. The second-order valence-corrected chi connectivity index (χ2v) is 5.78. The topological polar surface area (TPSA) is 32.8 Å². The van der Waals surface area contributed by atoms with E-state index in [0.717, 1.165) is 6.54 Å². The number of terminal acetylenes is 1. The molecule has 0 saturated heterocycles. The number of benzene rings is 1. The normalized spacial score (nSPS) is 11.2. The quantitative estimate of drug-likeness (QED) is 0.724. The zero-order valence-corrected chi connectivity index (χ0v) is 16.4. The van der Waals surface area contributed by atoms with E-state index in [4.69, 9.17) is 6.42 Å². The van der Waals surface area contributed by atoms with Crippen LogP contribution in [0.4, 0.5) is 4.79 Å². The number of aryl methyl sites for hydroxylation is 2. The number of fused-ring (bicyclic) bond motifs is 1. The molecule has 1 aliphatic carbocycles. The lowest BCUT2D eigenvalue weighted by Crippen LogP contribution is -2.20. The first-order valence-corrected chi connectivity index (χ1v) is 7.82. The Bertz CT molecular complexity index is 471. The van der Waals surface area contributed by atoms with E-state index in [1.807, 2.05) is 19.0 Å². The Hall–Kier alpha value is -1.70. The second-order valence-electron chi connectivity index (χ2n) is 5.78. The van der Waals surface area contributed by atoms with Gasteiger partial charge in [-0.2, -0.15) is 0 Å². The molecule has 0 radical (unpaired) electrons. The third kappa shape index (κ3) is 11.8. The van der Waals surface area contributed by atoms with Gasteiger partial charge in [0.2, 0.25) is 0 Å². The van der Waals surface area contributed by atoms with Crippen LogP contribution < -0.4 is 0 Å². The average molecular weight is 355 g/mol. The Morgan fingerprint density at radius 2 is 1.58 bits per heavy atom. The molecule has 0 N–H and O–H groups in total. The van der Waals surface area contributed by atoms with Crippen molar-refractivity contribution in [3.05, 3.63) is 35.4 Å². The fourth-order valence-electron chi connectivity index (χ4n) is 2.04. The fourth-order valence-corrected chi connectivity index (χ4v) is 2.04. The molecular weight excluding hydrogens is 324 g/mol. The number of nitrogens with zero attached hydrogens (tertiary/aromatic N) is 2. The molecule has 0 atom stereocenters. The van der Waals surface area contributed by atoms with Crippen LogP contribution in [0.25, 0.3) is 0 Å². The molecule has 1 aromatic rings. The van der Waals surface area contributed by atoms with Gasteiger partial charge in [0.15, 0.2) is 0 Å². The van der Waals surface area contributed by atoms with E-state index in [2.05, 4.69) is 34.9 Å². The van der Waals surface area contributed by atoms with Crippen LogP contribution >= 0.6 is 12.4 Å². The SMILES string of the molecule is C#CCN(C)C.COC(=O)N(C)C.Cl.c1ccc2c(c1)CCCC2. The van der Waals surface area contributed by atoms with Crippen LogP contribution in [-0.4, -0.2) is 57.7 Å². The van der Waals surface area contributed by atoms with Crippen molar-refractivity contribution in [3.63, 3.8) is 0 Å². The largest absolute Gasteiger partial charge is 0.453 e. The van der Waals surface area contributed by atoms with E-state index in [1.54, 1.807) is 25.2 Å². The minimum atomic E-state index is -0.319. The lowest BCUT2D eigenvalue weighted by atomic mass is 9.92. The Morgan fingerprint density at radius 3 is 1.79 bits per heavy atom. The summed E-state index contributed by atoms with van der Waals surface area (Å²) in [5, 5.41) is 0. The van der Waals surface area contributed by atoms with Crippen molar-refractivity contribution < 1.29 is 9.53 Å². The molecule has 0 unspecified atom stereocenters. The van der Waals surface area contributed by atoms with E-state index < -0.39 is 0 Å². The van der Waals surface area contributed by atoms with E-state index in [0.29, 0.717) is 0 Å². The number of halogens is 1. The molecule has 4 nitrogen and oxygen atoms in total. The summed E-state index contributed by atoms with van der Waals surface area (Å²) in [4.78, 5) is 13.5. The molecule has 1 aromatic carbocycles. The maximum absolute atomic E-state index is 10.2. The van der Waals surface area contributed by atoms with Crippen LogP contribution in [0.1, 0.15) is 24.0 Å². The minimum absolute atomic E-state index is 0. The molecule has 0 fully saturated rings. The first-order chi connectivity index (χ1) is 10.9. The summed E-state index contributed by atoms with van der Waals surface area (Å²) in [5.74, 6) is 2.49. The zero-order valence-electron chi connectivity index (χ0n) is 15.5. The van der Waals surface area contributed by atoms with Crippen molar-refractivity contribution in [2.24, 2.45) is 0 Å². The summed E-state index contributed by atoms with van der Waals surface area (Å²) in [6.45, 7) is 0.736. The van der Waals surface area contributed by atoms with Gasteiger partial charge >= 0.3 is 6.09 Å². The third-order valence-electron chi connectivity index (χ3n) is 3.21. The summed E-state index contributed by atoms with van der Waals surface area (Å²) in [6.07, 6.45) is 9.99. The summed E-state index contributed by atoms with van der Waals surface area (Å²) >= 11 is 0. The van der Waals surface area contributed by atoms with Gasteiger partial charge in [-0.05, 0) is 50.9 Å². The molecule has 0 bridgehead atoms. The van der Waals surface area contributed by atoms with E-state index in [9.17, 15) is 4.79 Å². The number of ether oxygens (including phenoxy) is 1. The third-order valence-corrected chi connectivity index (χ3v) is 3.21. The first-order valence-electron chi connectivity index (χ1n) is 7.82. The predicted octanol–water partition coefficient (Wildman–Crippen LogP) is 3.48. The van der Waals surface area contributed by atoms with Gasteiger partial charge in [0, 0.05) is 14.1 Å². The van der Waals surface area contributed by atoms with Gasteiger partial charge in [-0.25, -0.2) is 4.79 Å². The molecule has 1 amide bonds. The predicted molar refractivity (Wildman–Crippen MR) is 104 cm³/mol. The van der Waals surface area contributed by atoms with Crippen LogP contribution in [0, 0.1) is 12.3 Å².